The van der Waals surface area contributed by atoms with Crippen molar-refractivity contribution in [3.8, 4) is 6.07 Å². The summed E-state index contributed by atoms with van der Waals surface area (Å²) in [7, 11) is 0. The number of nitrogens with one attached hydrogen (secondary N) is 1. The van der Waals surface area contributed by atoms with E-state index in [4.69, 9.17) is 5.26 Å². The number of nitrogens with zero attached hydrogens (tertiary/aromatic N) is 3. The van der Waals surface area contributed by atoms with Crippen LogP contribution in [0.5, 0.6) is 0 Å². The summed E-state index contributed by atoms with van der Waals surface area (Å²) in [6, 6.07) is 8.02. The van der Waals surface area contributed by atoms with Gasteiger partial charge >= 0.3 is 0 Å². The van der Waals surface area contributed by atoms with E-state index in [9.17, 15) is 4.39 Å². The first-order chi connectivity index (χ1) is 9.67. The van der Waals surface area contributed by atoms with Gasteiger partial charge in [0.05, 0.1) is 5.69 Å². The fourth-order valence-electron chi connectivity index (χ4n) is 1.90. The molecular weight excluding hydrogens is 323 g/mol. The standard InChI is InChI=1S/C14H10BrFN4/c15-12-6-13(20-14(19-12)8-4-5-8)18-11-3-1-2-10(16)9(11)7-17/h1-3,6,8H,4-5H2,(H,18,19,20). The van der Waals surface area contributed by atoms with Gasteiger partial charge in [0.25, 0.3) is 0 Å². The lowest BCUT2D eigenvalue weighted by Gasteiger charge is -2.09. The van der Waals surface area contributed by atoms with Crippen molar-refractivity contribution in [2.45, 2.75) is 18.8 Å². The summed E-state index contributed by atoms with van der Waals surface area (Å²) < 4.78 is 14.2. The van der Waals surface area contributed by atoms with Gasteiger partial charge in [0.2, 0.25) is 0 Å². The Balaban J connectivity index is 1.95. The SMILES string of the molecule is N#Cc1c(F)cccc1Nc1cc(Br)nc(C2CC2)n1. The molecule has 20 heavy (non-hydrogen) atoms. The molecule has 3 rings (SSSR count). The van der Waals surface area contributed by atoms with Crippen LogP contribution in [0.15, 0.2) is 28.9 Å². The molecule has 0 amide bonds. The van der Waals surface area contributed by atoms with E-state index in [1.54, 1.807) is 18.2 Å². The summed E-state index contributed by atoms with van der Waals surface area (Å²) in [5.74, 6) is 1.19. The van der Waals surface area contributed by atoms with Gasteiger partial charge in [-0.15, -0.1) is 0 Å². The van der Waals surface area contributed by atoms with Gasteiger partial charge in [0.15, 0.2) is 0 Å². The Bertz CT molecular complexity index is 707. The number of halogens is 2. The molecule has 100 valence electrons. The molecule has 1 aliphatic carbocycles. The minimum Gasteiger partial charge on any atom is -0.339 e. The Labute approximate surface area is 123 Å². The molecule has 0 aliphatic heterocycles. The van der Waals surface area contributed by atoms with Crippen molar-refractivity contribution < 1.29 is 4.39 Å². The molecule has 4 nitrogen and oxygen atoms in total. The largest absolute Gasteiger partial charge is 0.339 e. The molecule has 1 N–H and O–H groups in total. The van der Waals surface area contributed by atoms with Crippen LogP contribution >= 0.6 is 15.9 Å². The predicted molar refractivity (Wildman–Crippen MR) is 76.1 cm³/mol. The maximum atomic E-state index is 13.5. The highest BCUT2D eigenvalue weighted by molar-refractivity contribution is 9.10. The van der Waals surface area contributed by atoms with E-state index < -0.39 is 5.82 Å². The molecule has 0 saturated heterocycles. The highest BCUT2D eigenvalue weighted by atomic mass is 79.9. The van der Waals surface area contributed by atoms with E-state index in [0.29, 0.717) is 22.0 Å². The second-order valence-corrected chi connectivity index (χ2v) is 5.42. The average molecular weight is 333 g/mol. The summed E-state index contributed by atoms with van der Waals surface area (Å²) >= 11 is 3.34. The van der Waals surface area contributed by atoms with E-state index in [0.717, 1.165) is 18.7 Å². The summed E-state index contributed by atoms with van der Waals surface area (Å²) in [5.41, 5.74) is 0.384. The normalized spacial score (nSPS) is 13.8. The highest BCUT2D eigenvalue weighted by Crippen LogP contribution is 2.39. The minimum absolute atomic E-state index is 0.0183. The van der Waals surface area contributed by atoms with Crippen LogP contribution < -0.4 is 5.32 Å². The van der Waals surface area contributed by atoms with Crippen molar-refractivity contribution in [2.75, 3.05) is 5.32 Å². The van der Waals surface area contributed by atoms with Crippen molar-refractivity contribution in [3.63, 3.8) is 0 Å². The summed E-state index contributed by atoms with van der Waals surface area (Å²) in [6.07, 6.45) is 2.19. The van der Waals surface area contributed by atoms with Crippen LogP contribution in [0.1, 0.15) is 30.1 Å². The van der Waals surface area contributed by atoms with Gasteiger partial charge in [-0.2, -0.15) is 5.26 Å². The van der Waals surface area contributed by atoms with E-state index in [2.05, 4.69) is 31.2 Å². The number of aromatic nitrogens is 2. The lowest BCUT2D eigenvalue weighted by molar-refractivity contribution is 0.624. The third kappa shape index (κ3) is 2.63. The molecule has 1 aromatic heterocycles. The Morgan fingerprint density at radius 2 is 2.15 bits per heavy atom. The van der Waals surface area contributed by atoms with Crippen LogP contribution in [0.2, 0.25) is 0 Å². The number of hydrogen-bond acceptors (Lipinski definition) is 4. The number of rotatable bonds is 3. The fourth-order valence-corrected chi connectivity index (χ4v) is 2.30. The lowest BCUT2D eigenvalue weighted by Crippen LogP contribution is -2.01. The first kappa shape index (κ1) is 13.0. The van der Waals surface area contributed by atoms with E-state index in [1.807, 2.05) is 6.07 Å². The maximum Gasteiger partial charge on any atom is 0.143 e. The zero-order valence-electron chi connectivity index (χ0n) is 10.4. The second-order valence-electron chi connectivity index (χ2n) is 4.61. The van der Waals surface area contributed by atoms with E-state index in [-0.39, 0.29) is 5.56 Å². The highest BCUT2D eigenvalue weighted by Gasteiger charge is 2.27. The molecule has 0 radical (unpaired) electrons. The zero-order chi connectivity index (χ0) is 14.1. The van der Waals surface area contributed by atoms with Gasteiger partial charge in [0, 0.05) is 12.0 Å². The molecule has 1 fully saturated rings. The predicted octanol–water partition coefficient (Wildman–Crippen LogP) is 3.87. The average Bonchev–Trinajstić information content (AvgIpc) is 3.22. The van der Waals surface area contributed by atoms with Crippen molar-refractivity contribution >= 4 is 27.4 Å². The molecule has 6 heteroatoms. The van der Waals surface area contributed by atoms with Gasteiger partial charge in [-0.25, -0.2) is 14.4 Å². The molecule has 0 unspecified atom stereocenters. The Hall–Kier alpha value is -2.00. The molecule has 1 saturated carbocycles. The van der Waals surface area contributed by atoms with Crippen LogP contribution in [0.3, 0.4) is 0 Å². The smallest absolute Gasteiger partial charge is 0.143 e. The summed E-state index contributed by atoms with van der Waals surface area (Å²) in [4.78, 5) is 8.74. The van der Waals surface area contributed by atoms with Crippen LogP contribution in [0.25, 0.3) is 0 Å². The quantitative estimate of drug-likeness (QED) is 0.866. The van der Waals surface area contributed by atoms with Crippen molar-refractivity contribution in [1.82, 2.24) is 9.97 Å². The van der Waals surface area contributed by atoms with Crippen molar-refractivity contribution in [2.24, 2.45) is 0 Å². The first-order valence-corrected chi connectivity index (χ1v) is 6.97. The molecule has 0 bridgehead atoms. The summed E-state index contributed by atoms with van der Waals surface area (Å²) in [6.45, 7) is 0. The van der Waals surface area contributed by atoms with Gasteiger partial charge < -0.3 is 5.32 Å². The fraction of sp³-hybridized carbons (Fsp3) is 0.214. The van der Waals surface area contributed by atoms with Gasteiger partial charge in [-0.3, -0.25) is 0 Å². The third-order valence-corrected chi connectivity index (χ3v) is 3.45. The van der Waals surface area contributed by atoms with Gasteiger partial charge in [-0.05, 0) is 40.9 Å². The zero-order valence-corrected chi connectivity index (χ0v) is 12.0. The second kappa shape index (κ2) is 5.17. The van der Waals surface area contributed by atoms with E-state index in [1.165, 1.54) is 6.07 Å². The topological polar surface area (TPSA) is 61.6 Å². The molecule has 1 heterocycles. The summed E-state index contributed by atoms with van der Waals surface area (Å²) in [5, 5.41) is 12.0. The number of anilines is 2. The van der Waals surface area contributed by atoms with Crippen LogP contribution in [0.4, 0.5) is 15.9 Å². The molecular formula is C14H10BrFN4. The van der Waals surface area contributed by atoms with Crippen molar-refractivity contribution in [1.29, 1.82) is 5.26 Å². The first-order valence-electron chi connectivity index (χ1n) is 6.17. The van der Waals surface area contributed by atoms with E-state index >= 15 is 0 Å². The number of nitriles is 1. The Morgan fingerprint density at radius 3 is 2.85 bits per heavy atom. The van der Waals surface area contributed by atoms with Gasteiger partial charge in [0.1, 0.15) is 33.7 Å². The van der Waals surface area contributed by atoms with Crippen LogP contribution in [0, 0.1) is 17.1 Å². The maximum absolute atomic E-state index is 13.5. The van der Waals surface area contributed by atoms with Gasteiger partial charge in [-0.1, -0.05) is 6.07 Å². The number of hydrogen-bond donors (Lipinski definition) is 1. The lowest BCUT2D eigenvalue weighted by atomic mass is 10.2. The molecule has 1 aromatic carbocycles. The Morgan fingerprint density at radius 1 is 1.35 bits per heavy atom. The number of benzene rings is 1. The van der Waals surface area contributed by atoms with Crippen LogP contribution in [-0.2, 0) is 0 Å². The molecule has 2 aromatic rings. The van der Waals surface area contributed by atoms with Crippen molar-refractivity contribution in [3.05, 3.63) is 46.1 Å². The molecule has 0 atom stereocenters. The monoisotopic (exact) mass is 332 g/mol. The molecule has 0 spiro atoms. The minimum atomic E-state index is -0.548. The third-order valence-electron chi connectivity index (χ3n) is 3.04. The van der Waals surface area contributed by atoms with Crippen LogP contribution in [-0.4, -0.2) is 9.97 Å². The Kier molecular flexibility index (Phi) is 3.36. The molecule has 1 aliphatic rings.